The van der Waals surface area contributed by atoms with Gasteiger partial charge in [-0.1, -0.05) is 26.0 Å². The lowest BCUT2D eigenvalue weighted by molar-refractivity contribution is -1.03. The summed E-state index contributed by atoms with van der Waals surface area (Å²) in [7, 11) is 0. The van der Waals surface area contributed by atoms with E-state index in [1.165, 1.54) is 25.9 Å². The molecule has 0 unspecified atom stereocenters. The molecular weight excluding hydrogens is 368 g/mol. The molecule has 3 heterocycles. The molecule has 1 aromatic carbocycles. The van der Waals surface area contributed by atoms with Gasteiger partial charge in [-0.3, -0.25) is 0 Å². The second-order valence-corrected chi connectivity index (χ2v) is 7.98. The molecule has 2 aromatic rings. The summed E-state index contributed by atoms with van der Waals surface area (Å²) in [6.07, 6.45) is 5.51. The number of nitrogens with one attached hydrogen (secondary N) is 2. The van der Waals surface area contributed by atoms with E-state index in [-0.39, 0.29) is 6.79 Å². The third kappa shape index (κ3) is 4.59. The normalized spacial score (nSPS) is 21.8. The zero-order valence-electron chi connectivity index (χ0n) is 17.3. The summed E-state index contributed by atoms with van der Waals surface area (Å²) in [5, 5.41) is 12.8. The van der Waals surface area contributed by atoms with Crippen molar-refractivity contribution in [1.82, 2.24) is 20.2 Å². The number of hydrogen-bond acceptors (Lipinski definition) is 5. The second kappa shape index (κ2) is 9.37. The number of piperazine rings is 1. The number of quaternary nitrogens is 2. The molecule has 4 rings (SSSR count). The van der Waals surface area contributed by atoms with Crippen LogP contribution in [0.5, 0.6) is 11.5 Å². The fraction of sp³-hybridized carbons (Fsp3) is 0.571. The van der Waals surface area contributed by atoms with E-state index in [4.69, 9.17) is 9.47 Å². The lowest BCUT2D eigenvalue weighted by atomic mass is 10.1. The van der Waals surface area contributed by atoms with Crippen molar-refractivity contribution in [1.29, 1.82) is 0 Å². The molecule has 0 spiro atoms. The van der Waals surface area contributed by atoms with Gasteiger partial charge in [0.25, 0.3) is 0 Å². The van der Waals surface area contributed by atoms with Crippen molar-refractivity contribution in [2.75, 3.05) is 39.5 Å². The third-order valence-electron chi connectivity index (χ3n) is 6.01. The van der Waals surface area contributed by atoms with Crippen molar-refractivity contribution in [3.05, 3.63) is 42.2 Å². The van der Waals surface area contributed by atoms with E-state index >= 15 is 0 Å². The van der Waals surface area contributed by atoms with Gasteiger partial charge in [0.1, 0.15) is 32.2 Å². The molecule has 1 saturated heterocycles. The summed E-state index contributed by atoms with van der Waals surface area (Å²) in [5.41, 5.74) is 1.12. The van der Waals surface area contributed by atoms with Gasteiger partial charge in [-0.2, -0.15) is 0 Å². The van der Waals surface area contributed by atoms with Crippen LogP contribution in [0.4, 0.5) is 0 Å². The minimum atomic E-state index is 0.289. The second-order valence-electron chi connectivity index (χ2n) is 7.98. The van der Waals surface area contributed by atoms with E-state index in [0.29, 0.717) is 12.6 Å². The molecule has 0 aliphatic carbocycles. The number of benzene rings is 1. The van der Waals surface area contributed by atoms with Crippen molar-refractivity contribution in [3.8, 4) is 11.5 Å². The van der Waals surface area contributed by atoms with Crippen molar-refractivity contribution in [3.63, 3.8) is 0 Å². The Bertz CT molecular complexity index is 815. The van der Waals surface area contributed by atoms with Crippen LogP contribution in [0.15, 0.2) is 30.9 Å². The van der Waals surface area contributed by atoms with Crippen molar-refractivity contribution in [2.45, 2.75) is 38.8 Å². The van der Waals surface area contributed by atoms with Crippen LogP contribution in [-0.4, -0.2) is 59.7 Å². The molecule has 0 amide bonds. The number of aromatic nitrogens is 4. The van der Waals surface area contributed by atoms with Gasteiger partial charge >= 0.3 is 0 Å². The summed E-state index contributed by atoms with van der Waals surface area (Å²) in [6, 6.07) is 6.39. The smallest absolute Gasteiger partial charge is 0.231 e. The largest absolute Gasteiger partial charge is 0.454 e. The Hall–Kier alpha value is -2.45. The number of hydrogen-bond donors (Lipinski definition) is 2. The zero-order valence-corrected chi connectivity index (χ0v) is 17.3. The fourth-order valence-corrected chi connectivity index (χ4v) is 4.39. The summed E-state index contributed by atoms with van der Waals surface area (Å²) in [6.45, 7) is 12.8. The number of unbranched alkanes of at least 4 members (excludes halogenated alkanes) is 1. The highest BCUT2D eigenvalue weighted by molar-refractivity contribution is 5.44. The molecule has 8 heteroatoms. The molecule has 2 aliphatic heterocycles. The van der Waals surface area contributed by atoms with Crippen LogP contribution in [0.3, 0.4) is 0 Å². The minimum Gasteiger partial charge on any atom is -0.454 e. The van der Waals surface area contributed by atoms with E-state index in [1.54, 1.807) is 9.80 Å². The Kier molecular flexibility index (Phi) is 6.41. The van der Waals surface area contributed by atoms with E-state index in [9.17, 15) is 0 Å². The van der Waals surface area contributed by atoms with Gasteiger partial charge in [0.15, 0.2) is 11.5 Å². The predicted molar refractivity (Wildman–Crippen MR) is 108 cm³/mol. The molecule has 2 aliphatic rings. The molecule has 1 aromatic heterocycles. The van der Waals surface area contributed by atoms with Crippen molar-refractivity contribution in [2.24, 2.45) is 0 Å². The molecule has 1 atom stereocenters. The summed E-state index contributed by atoms with van der Waals surface area (Å²) in [5.74, 6) is 2.60. The number of rotatable bonds is 9. The maximum absolute atomic E-state index is 5.52. The van der Waals surface area contributed by atoms with E-state index in [0.717, 1.165) is 48.9 Å². The molecule has 156 valence electrons. The Morgan fingerprint density at radius 3 is 2.83 bits per heavy atom. The molecule has 29 heavy (non-hydrogen) atoms. The third-order valence-corrected chi connectivity index (χ3v) is 6.01. The number of ether oxygens (including phenoxy) is 2. The molecule has 8 nitrogen and oxygen atoms in total. The zero-order chi connectivity index (χ0) is 20.1. The molecule has 2 N–H and O–H groups in total. The highest BCUT2D eigenvalue weighted by Gasteiger charge is 2.33. The van der Waals surface area contributed by atoms with Gasteiger partial charge in [0, 0.05) is 6.42 Å². The van der Waals surface area contributed by atoms with Crippen LogP contribution in [0.1, 0.15) is 43.6 Å². The maximum Gasteiger partial charge on any atom is 0.231 e. The summed E-state index contributed by atoms with van der Waals surface area (Å²) >= 11 is 0. The van der Waals surface area contributed by atoms with Gasteiger partial charge in [-0.05, 0) is 40.6 Å². The van der Waals surface area contributed by atoms with Crippen LogP contribution >= 0.6 is 0 Å². The molecule has 1 fully saturated rings. The topological polar surface area (TPSA) is 70.9 Å². The first-order valence-corrected chi connectivity index (χ1v) is 10.7. The van der Waals surface area contributed by atoms with Crippen LogP contribution < -0.4 is 19.3 Å². The fourth-order valence-electron chi connectivity index (χ4n) is 4.39. The van der Waals surface area contributed by atoms with Crippen LogP contribution in [0, 0.1) is 0 Å². The number of fused-ring (bicyclic) bond motifs is 1. The average molecular weight is 401 g/mol. The van der Waals surface area contributed by atoms with E-state index in [2.05, 4.69) is 35.1 Å². The monoisotopic (exact) mass is 400 g/mol. The molecule has 0 bridgehead atoms. The van der Waals surface area contributed by atoms with Crippen LogP contribution in [0.2, 0.25) is 0 Å². The van der Waals surface area contributed by atoms with Crippen molar-refractivity contribution < 1.29 is 19.3 Å². The Labute approximate surface area is 172 Å². The average Bonchev–Trinajstić information content (AvgIpc) is 3.39. The SMILES string of the molecule is C=CC[NH+]1CC[NH+]([C@@H](CCCC)c2nnnn2Cc2ccc3c(c2)OCO3)CC1. The molecule has 0 saturated carbocycles. The van der Waals surface area contributed by atoms with E-state index in [1.807, 2.05) is 22.9 Å². The van der Waals surface area contributed by atoms with Gasteiger partial charge < -0.3 is 19.3 Å². The Morgan fingerprint density at radius 1 is 1.21 bits per heavy atom. The number of nitrogens with zero attached hydrogens (tertiary/aromatic N) is 4. The first-order valence-electron chi connectivity index (χ1n) is 10.7. The van der Waals surface area contributed by atoms with Gasteiger partial charge in [-0.25, -0.2) is 4.68 Å². The lowest BCUT2D eigenvalue weighted by Crippen LogP contribution is -3.28. The first kappa shape index (κ1) is 19.8. The highest BCUT2D eigenvalue weighted by atomic mass is 16.7. The van der Waals surface area contributed by atoms with Gasteiger partial charge in [0.05, 0.1) is 13.1 Å². The minimum absolute atomic E-state index is 0.289. The van der Waals surface area contributed by atoms with Crippen molar-refractivity contribution >= 4 is 0 Å². The predicted octanol–water partition coefficient (Wildman–Crippen LogP) is -0.349. The Balaban J connectivity index is 1.50. The first-order chi connectivity index (χ1) is 14.3. The maximum atomic E-state index is 5.52. The van der Waals surface area contributed by atoms with Gasteiger partial charge in [-0.15, -0.1) is 5.10 Å². The summed E-state index contributed by atoms with van der Waals surface area (Å²) in [4.78, 5) is 3.23. The number of tetrazole rings is 1. The molecular formula is C21H32N6O2+2. The molecule has 0 radical (unpaired) electrons. The quantitative estimate of drug-likeness (QED) is 0.563. The Morgan fingerprint density at radius 2 is 2.03 bits per heavy atom. The van der Waals surface area contributed by atoms with Crippen LogP contribution in [-0.2, 0) is 6.54 Å². The highest BCUT2D eigenvalue weighted by Crippen LogP contribution is 2.32. The lowest BCUT2D eigenvalue weighted by Gasteiger charge is -2.33. The summed E-state index contributed by atoms with van der Waals surface area (Å²) < 4.78 is 12.9. The van der Waals surface area contributed by atoms with E-state index < -0.39 is 0 Å². The van der Waals surface area contributed by atoms with Gasteiger partial charge in [0.2, 0.25) is 12.6 Å². The van der Waals surface area contributed by atoms with Crippen LogP contribution in [0.25, 0.3) is 0 Å². The standard InChI is InChI=1S/C21H30N6O2/c1-3-5-6-18(26-12-10-25(9-4-2)11-13-26)21-22-23-24-27(21)15-17-7-8-19-20(14-17)29-16-28-19/h4,7-8,14,18H,2-3,5-6,9-13,15-16H2,1H3/p+2/t18-/m0/s1.